The van der Waals surface area contributed by atoms with Crippen molar-refractivity contribution in [3.63, 3.8) is 0 Å². The molecule has 3 aliphatic rings. The van der Waals surface area contributed by atoms with Gasteiger partial charge in [0.2, 0.25) is 0 Å². The van der Waals surface area contributed by atoms with Gasteiger partial charge in [0.1, 0.15) is 5.75 Å². The largest absolute Gasteiger partial charge is 0.508 e. The summed E-state index contributed by atoms with van der Waals surface area (Å²) in [7, 11) is 3.46. The Balaban J connectivity index is 1.40. The highest BCUT2D eigenvalue weighted by atomic mass is 16.7. The SMILES string of the molecule is COC(OC)C1CCN(c2ccc([C@H]3c4ccc(O)cc4CO[C@@]3(C)C3CCCCC3)cc2)CC1. The summed E-state index contributed by atoms with van der Waals surface area (Å²) in [5.41, 5.74) is 4.77. The predicted molar refractivity (Wildman–Crippen MR) is 139 cm³/mol. The molecule has 0 unspecified atom stereocenters. The smallest absolute Gasteiger partial charge is 0.159 e. The first kappa shape index (κ1) is 24.6. The van der Waals surface area contributed by atoms with Crippen LogP contribution in [0.15, 0.2) is 42.5 Å². The Kier molecular flexibility index (Phi) is 7.38. The van der Waals surface area contributed by atoms with Crippen LogP contribution < -0.4 is 4.90 Å². The molecule has 2 fully saturated rings. The van der Waals surface area contributed by atoms with Crippen LogP contribution in [0.2, 0.25) is 0 Å². The van der Waals surface area contributed by atoms with Gasteiger partial charge in [0, 0.05) is 44.8 Å². The van der Waals surface area contributed by atoms with Crippen molar-refractivity contribution >= 4 is 5.69 Å². The second kappa shape index (κ2) is 10.5. The van der Waals surface area contributed by atoms with Gasteiger partial charge in [-0.15, -0.1) is 0 Å². The number of phenols is 1. The van der Waals surface area contributed by atoms with Crippen molar-refractivity contribution in [2.24, 2.45) is 11.8 Å². The van der Waals surface area contributed by atoms with Crippen LogP contribution in [0, 0.1) is 11.8 Å². The number of benzene rings is 2. The first-order valence-electron chi connectivity index (χ1n) is 13.4. The molecule has 0 radical (unpaired) electrons. The maximum atomic E-state index is 10.1. The Morgan fingerprint density at radius 3 is 2.29 bits per heavy atom. The normalized spacial score (nSPS) is 26.2. The summed E-state index contributed by atoms with van der Waals surface area (Å²) in [6.07, 6.45) is 8.42. The van der Waals surface area contributed by atoms with E-state index >= 15 is 0 Å². The van der Waals surface area contributed by atoms with E-state index in [1.807, 2.05) is 12.1 Å². The molecule has 1 saturated heterocycles. The Morgan fingerprint density at radius 2 is 1.63 bits per heavy atom. The highest BCUT2D eigenvalue weighted by Gasteiger charge is 2.47. The molecule has 5 rings (SSSR count). The van der Waals surface area contributed by atoms with Gasteiger partial charge in [0.05, 0.1) is 12.2 Å². The number of hydrogen-bond donors (Lipinski definition) is 1. The summed E-state index contributed by atoms with van der Waals surface area (Å²) >= 11 is 0. The van der Waals surface area contributed by atoms with Crippen LogP contribution in [0.1, 0.15) is 74.5 Å². The number of fused-ring (bicyclic) bond motifs is 1. The molecule has 0 aromatic heterocycles. The van der Waals surface area contributed by atoms with E-state index in [9.17, 15) is 5.11 Å². The molecule has 0 bridgehead atoms. The van der Waals surface area contributed by atoms with Crippen molar-refractivity contribution < 1.29 is 19.3 Å². The zero-order valence-electron chi connectivity index (χ0n) is 21.5. The van der Waals surface area contributed by atoms with Gasteiger partial charge in [-0.2, -0.15) is 0 Å². The number of hydrogen-bond acceptors (Lipinski definition) is 5. The Hall–Kier alpha value is -2.08. The average molecular weight is 480 g/mol. The summed E-state index contributed by atoms with van der Waals surface area (Å²) < 4.78 is 17.7. The molecule has 190 valence electrons. The van der Waals surface area contributed by atoms with Gasteiger partial charge in [-0.05, 0) is 79.5 Å². The van der Waals surface area contributed by atoms with E-state index in [2.05, 4.69) is 42.2 Å². The molecule has 2 aromatic rings. The number of piperidine rings is 1. The van der Waals surface area contributed by atoms with E-state index in [0.29, 0.717) is 24.2 Å². The van der Waals surface area contributed by atoms with Gasteiger partial charge in [-0.25, -0.2) is 0 Å². The van der Waals surface area contributed by atoms with E-state index < -0.39 is 0 Å². The zero-order chi connectivity index (χ0) is 24.4. The van der Waals surface area contributed by atoms with E-state index in [4.69, 9.17) is 14.2 Å². The maximum Gasteiger partial charge on any atom is 0.159 e. The van der Waals surface area contributed by atoms with E-state index in [1.54, 1.807) is 14.2 Å². The van der Waals surface area contributed by atoms with E-state index in [-0.39, 0.29) is 17.8 Å². The topological polar surface area (TPSA) is 51.2 Å². The second-order valence-corrected chi connectivity index (χ2v) is 10.9. The lowest BCUT2D eigenvalue weighted by Crippen LogP contribution is -2.47. The minimum absolute atomic E-state index is 0.109. The number of phenolic OH excluding ortho intramolecular Hbond substituents is 1. The van der Waals surface area contributed by atoms with Crippen molar-refractivity contribution in [3.05, 3.63) is 59.2 Å². The van der Waals surface area contributed by atoms with Crippen molar-refractivity contribution in [1.29, 1.82) is 0 Å². The van der Waals surface area contributed by atoms with Crippen LogP contribution in [0.5, 0.6) is 5.75 Å². The lowest BCUT2D eigenvalue weighted by molar-refractivity contribution is -0.141. The molecule has 0 spiro atoms. The van der Waals surface area contributed by atoms with E-state index in [0.717, 1.165) is 31.5 Å². The second-order valence-electron chi connectivity index (χ2n) is 10.9. The minimum atomic E-state index is -0.237. The van der Waals surface area contributed by atoms with Gasteiger partial charge in [-0.1, -0.05) is 37.5 Å². The number of nitrogens with zero attached hydrogens (tertiary/aromatic N) is 1. The van der Waals surface area contributed by atoms with Crippen LogP contribution in [-0.4, -0.2) is 44.3 Å². The average Bonchev–Trinajstić information content (AvgIpc) is 2.91. The molecule has 1 aliphatic carbocycles. The monoisotopic (exact) mass is 479 g/mol. The molecular formula is C30H41NO4. The first-order valence-corrected chi connectivity index (χ1v) is 13.4. The van der Waals surface area contributed by atoms with E-state index in [1.165, 1.54) is 48.9 Å². The standard InChI is InChI=1S/C30H41NO4/c1-30(24-7-5-4-6-8-24)28(27-14-13-26(32)19-23(27)20-35-30)21-9-11-25(12-10-21)31-17-15-22(16-18-31)29(33-2)34-3/h9-14,19,22,24,28-29,32H,4-8,15-18,20H2,1-3H3/t28-,30-/m0/s1. The molecule has 5 nitrogen and oxygen atoms in total. The summed E-state index contributed by atoms with van der Waals surface area (Å²) in [6, 6.07) is 15.0. The fraction of sp³-hybridized carbons (Fsp3) is 0.600. The fourth-order valence-corrected chi connectivity index (χ4v) is 6.95. The van der Waals surface area contributed by atoms with Crippen molar-refractivity contribution in [3.8, 4) is 5.75 Å². The predicted octanol–water partition coefficient (Wildman–Crippen LogP) is 6.23. The van der Waals surface area contributed by atoms with Crippen molar-refractivity contribution in [2.75, 3.05) is 32.2 Å². The van der Waals surface area contributed by atoms with Crippen LogP contribution >= 0.6 is 0 Å². The fourth-order valence-electron chi connectivity index (χ4n) is 6.95. The van der Waals surface area contributed by atoms with Crippen LogP contribution in [-0.2, 0) is 20.8 Å². The highest BCUT2D eigenvalue weighted by molar-refractivity contribution is 5.52. The first-order chi connectivity index (χ1) is 17.0. The molecule has 35 heavy (non-hydrogen) atoms. The summed E-state index contributed by atoms with van der Waals surface area (Å²) in [5.74, 6) is 1.48. The lowest BCUT2D eigenvalue weighted by atomic mass is 9.65. The van der Waals surface area contributed by atoms with Crippen molar-refractivity contribution in [2.45, 2.75) is 76.3 Å². The summed E-state index contributed by atoms with van der Waals surface area (Å²) in [4.78, 5) is 2.48. The number of aromatic hydroxyl groups is 1. The zero-order valence-corrected chi connectivity index (χ0v) is 21.5. The summed E-state index contributed by atoms with van der Waals surface area (Å²) in [6.45, 7) is 4.94. The number of anilines is 1. The van der Waals surface area contributed by atoms with Crippen LogP contribution in [0.3, 0.4) is 0 Å². The Morgan fingerprint density at radius 1 is 0.943 bits per heavy atom. The number of rotatable bonds is 6. The number of ether oxygens (including phenoxy) is 3. The quantitative estimate of drug-likeness (QED) is 0.498. The van der Waals surface area contributed by atoms with Crippen LogP contribution in [0.25, 0.3) is 0 Å². The summed E-state index contributed by atoms with van der Waals surface area (Å²) in [5, 5.41) is 10.1. The third-order valence-electron chi connectivity index (χ3n) is 8.95. The van der Waals surface area contributed by atoms with Gasteiger partial charge in [0.25, 0.3) is 0 Å². The molecule has 2 heterocycles. The Bertz CT molecular complexity index is 974. The molecular weight excluding hydrogens is 438 g/mol. The van der Waals surface area contributed by atoms with Gasteiger partial charge < -0.3 is 24.2 Å². The molecule has 5 heteroatoms. The molecule has 0 amide bonds. The maximum absolute atomic E-state index is 10.1. The Labute approximate surface area is 210 Å². The van der Waals surface area contributed by atoms with Gasteiger partial charge in [-0.3, -0.25) is 0 Å². The molecule has 2 atom stereocenters. The third-order valence-corrected chi connectivity index (χ3v) is 8.95. The number of methoxy groups -OCH3 is 2. The minimum Gasteiger partial charge on any atom is -0.508 e. The molecule has 1 saturated carbocycles. The lowest BCUT2D eigenvalue weighted by Gasteiger charge is -2.49. The molecule has 1 N–H and O–H groups in total. The molecule has 2 aromatic carbocycles. The third kappa shape index (κ3) is 4.83. The highest BCUT2D eigenvalue weighted by Crippen LogP contribution is 2.51. The van der Waals surface area contributed by atoms with Crippen molar-refractivity contribution in [1.82, 2.24) is 0 Å². The van der Waals surface area contributed by atoms with Crippen LogP contribution in [0.4, 0.5) is 5.69 Å². The molecule has 2 aliphatic heterocycles. The van der Waals surface area contributed by atoms with Gasteiger partial charge in [0.15, 0.2) is 6.29 Å². The van der Waals surface area contributed by atoms with Gasteiger partial charge >= 0.3 is 0 Å².